The Morgan fingerprint density at radius 3 is 2.81 bits per heavy atom. The molecule has 16 heavy (non-hydrogen) atoms. The highest BCUT2D eigenvalue weighted by Crippen LogP contribution is 2.29. The molecular weight excluding hydrogens is 220 g/mol. The maximum Gasteiger partial charge on any atom is 0.157 e. The number of nitrogens with one attached hydrogen (secondary N) is 1. The molecule has 0 aromatic heterocycles. The van der Waals surface area contributed by atoms with Crippen LogP contribution in [-0.4, -0.2) is 35.7 Å². The van der Waals surface area contributed by atoms with Crippen LogP contribution in [0.15, 0.2) is 4.99 Å². The maximum absolute atomic E-state index is 5.55. The molecule has 1 heterocycles. The third-order valence-electron chi connectivity index (χ3n) is 3.25. The molecule has 0 saturated heterocycles. The summed E-state index contributed by atoms with van der Waals surface area (Å²) in [6, 6.07) is 0.591. The zero-order chi connectivity index (χ0) is 11.5. The number of hydrogen-bond acceptors (Lipinski definition) is 4. The summed E-state index contributed by atoms with van der Waals surface area (Å²) < 4.78 is 5.55. The van der Waals surface area contributed by atoms with E-state index in [0.717, 1.165) is 31.2 Å². The topological polar surface area (TPSA) is 33.6 Å². The fraction of sp³-hybridized carbons (Fsp3) is 0.917. The Morgan fingerprint density at radius 1 is 1.50 bits per heavy atom. The van der Waals surface area contributed by atoms with Gasteiger partial charge in [0.15, 0.2) is 5.17 Å². The third-order valence-corrected chi connectivity index (χ3v) is 4.71. The smallest absolute Gasteiger partial charge is 0.157 e. The molecule has 4 heteroatoms. The number of amidine groups is 1. The van der Waals surface area contributed by atoms with Gasteiger partial charge in [-0.25, -0.2) is 0 Å². The second-order valence-electron chi connectivity index (χ2n) is 4.94. The molecule has 1 aliphatic carbocycles. The lowest BCUT2D eigenvalue weighted by Crippen LogP contribution is -2.47. The number of hydrogen-bond donors (Lipinski definition) is 1. The molecule has 2 aliphatic rings. The summed E-state index contributed by atoms with van der Waals surface area (Å²) in [4.78, 5) is 4.56. The molecule has 1 fully saturated rings. The zero-order valence-electron chi connectivity index (χ0n) is 10.4. The minimum atomic E-state index is 0.482. The van der Waals surface area contributed by atoms with E-state index in [0.29, 0.717) is 23.3 Å². The Hall–Kier alpha value is -0.220. The average molecular weight is 242 g/mol. The first-order valence-corrected chi connectivity index (χ1v) is 7.16. The summed E-state index contributed by atoms with van der Waals surface area (Å²) in [5, 5.41) is 5.34. The molecule has 2 rings (SSSR count). The lowest BCUT2D eigenvalue weighted by molar-refractivity contribution is -0.00541. The van der Waals surface area contributed by atoms with Gasteiger partial charge in [-0.15, -0.1) is 0 Å². The summed E-state index contributed by atoms with van der Waals surface area (Å²) >= 11 is 1.91. The highest BCUT2D eigenvalue weighted by Gasteiger charge is 2.32. The number of ether oxygens (including phenoxy) is 1. The standard InChI is InChI=1S/C12H22N2OS/c1-4-15-10-5-9(6-10)14-12-13-7-11(16-12)8(2)3/h8-11H,4-7H2,1-3H3,(H,13,14). The Morgan fingerprint density at radius 2 is 2.25 bits per heavy atom. The first kappa shape index (κ1) is 12.2. The van der Waals surface area contributed by atoms with Crippen molar-refractivity contribution >= 4 is 16.9 Å². The molecular formula is C12H22N2OS. The third kappa shape index (κ3) is 2.92. The minimum Gasteiger partial charge on any atom is -0.378 e. The van der Waals surface area contributed by atoms with Crippen molar-refractivity contribution in [2.24, 2.45) is 10.9 Å². The van der Waals surface area contributed by atoms with Crippen LogP contribution in [0.4, 0.5) is 0 Å². The molecule has 0 aromatic carbocycles. The number of nitrogens with zero attached hydrogens (tertiary/aromatic N) is 1. The van der Waals surface area contributed by atoms with Gasteiger partial charge in [0, 0.05) is 17.9 Å². The van der Waals surface area contributed by atoms with Crippen molar-refractivity contribution in [1.82, 2.24) is 5.32 Å². The second-order valence-corrected chi connectivity index (χ2v) is 6.16. The normalized spacial score (nSPS) is 33.8. The highest BCUT2D eigenvalue weighted by molar-refractivity contribution is 8.14. The molecule has 3 nitrogen and oxygen atoms in total. The summed E-state index contributed by atoms with van der Waals surface area (Å²) in [6.45, 7) is 8.41. The van der Waals surface area contributed by atoms with Crippen molar-refractivity contribution in [2.45, 2.75) is 51.0 Å². The van der Waals surface area contributed by atoms with E-state index in [2.05, 4.69) is 31.1 Å². The van der Waals surface area contributed by atoms with Crippen molar-refractivity contribution in [3.63, 3.8) is 0 Å². The Balaban J connectivity index is 1.65. The van der Waals surface area contributed by atoms with Gasteiger partial charge in [-0.2, -0.15) is 0 Å². The molecule has 0 bridgehead atoms. The van der Waals surface area contributed by atoms with Gasteiger partial charge in [0.2, 0.25) is 0 Å². The van der Waals surface area contributed by atoms with Crippen molar-refractivity contribution in [2.75, 3.05) is 13.2 Å². The lowest BCUT2D eigenvalue weighted by Gasteiger charge is -2.35. The molecule has 1 N–H and O–H groups in total. The molecule has 92 valence electrons. The van der Waals surface area contributed by atoms with Crippen LogP contribution in [0.2, 0.25) is 0 Å². The van der Waals surface area contributed by atoms with Gasteiger partial charge in [-0.1, -0.05) is 25.6 Å². The average Bonchev–Trinajstić information content (AvgIpc) is 2.63. The predicted octanol–water partition coefficient (Wildman–Crippen LogP) is 2.27. The van der Waals surface area contributed by atoms with Crippen molar-refractivity contribution in [1.29, 1.82) is 0 Å². The summed E-state index contributed by atoms with van der Waals surface area (Å²) in [6.07, 6.45) is 2.76. The van der Waals surface area contributed by atoms with Crippen LogP contribution in [0.1, 0.15) is 33.6 Å². The SMILES string of the molecule is CCOC1CC(NC2=NCC(C(C)C)S2)C1. The molecule has 1 atom stereocenters. The Labute approximate surface area is 102 Å². The largest absolute Gasteiger partial charge is 0.378 e. The van der Waals surface area contributed by atoms with E-state index in [9.17, 15) is 0 Å². The summed E-state index contributed by atoms with van der Waals surface area (Å²) in [5.41, 5.74) is 0. The molecule has 1 saturated carbocycles. The number of rotatable bonds is 4. The van der Waals surface area contributed by atoms with E-state index in [1.807, 2.05) is 11.8 Å². The Bertz CT molecular complexity index is 262. The highest BCUT2D eigenvalue weighted by atomic mass is 32.2. The zero-order valence-corrected chi connectivity index (χ0v) is 11.2. The van der Waals surface area contributed by atoms with Crippen LogP contribution in [0.3, 0.4) is 0 Å². The first-order chi connectivity index (χ1) is 7.69. The van der Waals surface area contributed by atoms with Gasteiger partial charge in [-0.05, 0) is 25.7 Å². The van der Waals surface area contributed by atoms with Crippen molar-refractivity contribution < 1.29 is 4.74 Å². The van der Waals surface area contributed by atoms with E-state index in [1.165, 1.54) is 0 Å². The lowest BCUT2D eigenvalue weighted by atomic mass is 9.89. The van der Waals surface area contributed by atoms with Gasteiger partial charge in [0.1, 0.15) is 0 Å². The first-order valence-electron chi connectivity index (χ1n) is 6.28. The maximum atomic E-state index is 5.55. The molecule has 0 amide bonds. The van der Waals surface area contributed by atoms with Gasteiger partial charge in [0.25, 0.3) is 0 Å². The van der Waals surface area contributed by atoms with Crippen LogP contribution >= 0.6 is 11.8 Å². The molecule has 1 unspecified atom stereocenters. The van der Waals surface area contributed by atoms with Crippen molar-refractivity contribution in [3.05, 3.63) is 0 Å². The quantitative estimate of drug-likeness (QED) is 0.821. The number of thioether (sulfide) groups is 1. The Kier molecular flexibility index (Phi) is 4.14. The van der Waals surface area contributed by atoms with Crippen LogP contribution < -0.4 is 5.32 Å². The molecule has 1 aliphatic heterocycles. The fourth-order valence-electron chi connectivity index (χ4n) is 2.05. The van der Waals surface area contributed by atoms with Crippen LogP contribution in [-0.2, 0) is 4.74 Å². The van der Waals surface area contributed by atoms with Gasteiger partial charge in [-0.3, -0.25) is 4.99 Å². The second kappa shape index (κ2) is 5.41. The van der Waals surface area contributed by atoms with E-state index in [4.69, 9.17) is 4.74 Å². The fourth-order valence-corrected chi connectivity index (χ4v) is 3.14. The predicted molar refractivity (Wildman–Crippen MR) is 70.1 cm³/mol. The minimum absolute atomic E-state index is 0.482. The van der Waals surface area contributed by atoms with Gasteiger partial charge in [0.05, 0.1) is 12.6 Å². The molecule has 0 radical (unpaired) electrons. The summed E-state index contributed by atoms with van der Waals surface area (Å²) in [5.74, 6) is 0.714. The van der Waals surface area contributed by atoms with E-state index in [-0.39, 0.29) is 0 Å². The van der Waals surface area contributed by atoms with Crippen molar-refractivity contribution in [3.8, 4) is 0 Å². The monoisotopic (exact) mass is 242 g/mol. The van der Waals surface area contributed by atoms with E-state index >= 15 is 0 Å². The van der Waals surface area contributed by atoms with E-state index in [1.54, 1.807) is 0 Å². The van der Waals surface area contributed by atoms with Crippen LogP contribution in [0.25, 0.3) is 0 Å². The van der Waals surface area contributed by atoms with Gasteiger partial charge < -0.3 is 10.1 Å². The van der Waals surface area contributed by atoms with Gasteiger partial charge >= 0.3 is 0 Å². The van der Waals surface area contributed by atoms with E-state index < -0.39 is 0 Å². The summed E-state index contributed by atoms with van der Waals surface area (Å²) in [7, 11) is 0. The van der Waals surface area contributed by atoms with Crippen LogP contribution in [0, 0.1) is 5.92 Å². The van der Waals surface area contributed by atoms with Crippen LogP contribution in [0.5, 0.6) is 0 Å². The molecule has 0 aromatic rings. The molecule has 0 spiro atoms. The number of aliphatic imine (C=N–C) groups is 1.